The molecule has 0 saturated heterocycles. The Kier molecular flexibility index (Phi) is 9.18. The number of ether oxygens (including phenoxy) is 3. The summed E-state index contributed by atoms with van der Waals surface area (Å²) >= 11 is 0. The van der Waals surface area contributed by atoms with Crippen molar-refractivity contribution in [2.45, 2.75) is 19.4 Å². The van der Waals surface area contributed by atoms with Crippen LogP contribution < -0.4 is 9.47 Å². The molecule has 0 aliphatic carbocycles. The van der Waals surface area contributed by atoms with Crippen LogP contribution in [-0.4, -0.2) is 45.3 Å². The number of carbonyl (C=O) groups excluding carboxylic acids is 1. The summed E-state index contributed by atoms with van der Waals surface area (Å²) in [4.78, 5) is 13.6. The minimum absolute atomic E-state index is 0.215. The first-order valence-corrected chi connectivity index (χ1v) is 9.48. The zero-order valence-corrected chi connectivity index (χ0v) is 17.2. The van der Waals surface area contributed by atoms with Gasteiger partial charge >= 0.3 is 5.97 Å². The van der Waals surface area contributed by atoms with Gasteiger partial charge in [0.05, 0.1) is 21.3 Å². The highest BCUT2D eigenvalue weighted by atomic mass is 19.1. The van der Waals surface area contributed by atoms with E-state index >= 15 is 0 Å². The predicted octanol–water partition coefficient (Wildman–Crippen LogP) is 4.31. The second-order valence-electron chi connectivity index (χ2n) is 6.56. The summed E-state index contributed by atoms with van der Waals surface area (Å²) in [6.45, 7) is 2.08. The van der Waals surface area contributed by atoms with Crippen molar-refractivity contribution in [1.82, 2.24) is 4.90 Å². The van der Waals surface area contributed by atoms with E-state index in [1.165, 1.54) is 19.2 Å². The molecular formula is C23H28FNO4. The average Bonchev–Trinajstić information content (AvgIpc) is 2.74. The molecule has 0 unspecified atom stereocenters. The van der Waals surface area contributed by atoms with Crippen molar-refractivity contribution in [2.24, 2.45) is 0 Å². The van der Waals surface area contributed by atoms with Gasteiger partial charge in [-0.3, -0.25) is 9.69 Å². The molecule has 0 radical (unpaired) electrons. The fraction of sp³-hybridized carbons (Fsp3) is 0.348. The van der Waals surface area contributed by atoms with E-state index in [0.29, 0.717) is 37.4 Å². The normalized spacial score (nSPS) is 11.1. The number of halogens is 1. The van der Waals surface area contributed by atoms with Gasteiger partial charge in [0.1, 0.15) is 5.82 Å². The van der Waals surface area contributed by atoms with E-state index in [1.54, 1.807) is 26.4 Å². The number of benzene rings is 2. The van der Waals surface area contributed by atoms with Crippen LogP contribution in [0.15, 0.2) is 48.5 Å². The summed E-state index contributed by atoms with van der Waals surface area (Å²) in [6.07, 6.45) is 5.14. The Balaban J connectivity index is 2.02. The van der Waals surface area contributed by atoms with Crippen LogP contribution in [0, 0.1) is 5.82 Å². The second kappa shape index (κ2) is 11.9. The summed E-state index contributed by atoms with van der Waals surface area (Å²) < 4.78 is 28.5. The van der Waals surface area contributed by atoms with Crippen LogP contribution in [0.4, 0.5) is 4.39 Å². The highest BCUT2D eigenvalue weighted by Crippen LogP contribution is 2.28. The fourth-order valence-electron chi connectivity index (χ4n) is 2.93. The molecule has 0 bridgehead atoms. The molecule has 0 aliphatic heterocycles. The topological polar surface area (TPSA) is 48.0 Å². The third-order valence-electron chi connectivity index (χ3n) is 4.48. The Bertz CT molecular complexity index is 805. The maximum absolute atomic E-state index is 13.2. The molecule has 5 nitrogen and oxygen atoms in total. The largest absolute Gasteiger partial charge is 0.493 e. The quantitative estimate of drug-likeness (QED) is 0.525. The Labute approximate surface area is 171 Å². The molecule has 2 aromatic carbocycles. The van der Waals surface area contributed by atoms with E-state index in [1.807, 2.05) is 24.3 Å². The Morgan fingerprint density at radius 3 is 2.41 bits per heavy atom. The molecule has 0 aromatic heterocycles. The van der Waals surface area contributed by atoms with Crippen LogP contribution in [0.5, 0.6) is 11.5 Å². The zero-order chi connectivity index (χ0) is 21.1. The molecule has 6 heteroatoms. The van der Waals surface area contributed by atoms with Crippen molar-refractivity contribution < 1.29 is 23.4 Å². The smallest absolute Gasteiger partial charge is 0.305 e. The monoisotopic (exact) mass is 401 g/mol. The van der Waals surface area contributed by atoms with Gasteiger partial charge in [0.2, 0.25) is 0 Å². The van der Waals surface area contributed by atoms with Crippen molar-refractivity contribution in [3.63, 3.8) is 0 Å². The summed E-state index contributed by atoms with van der Waals surface area (Å²) in [5, 5.41) is 0. The lowest BCUT2D eigenvalue weighted by atomic mass is 10.1. The molecule has 0 N–H and O–H groups in total. The van der Waals surface area contributed by atoms with Gasteiger partial charge in [-0.15, -0.1) is 0 Å². The Morgan fingerprint density at radius 2 is 1.76 bits per heavy atom. The van der Waals surface area contributed by atoms with Crippen LogP contribution >= 0.6 is 0 Å². The first kappa shape index (κ1) is 22.4. The molecule has 29 heavy (non-hydrogen) atoms. The molecule has 0 heterocycles. The van der Waals surface area contributed by atoms with Crippen LogP contribution in [0.3, 0.4) is 0 Å². The lowest BCUT2D eigenvalue weighted by molar-refractivity contribution is -0.140. The van der Waals surface area contributed by atoms with E-state index in [9.17, 15) is 9.18 Å². The van der Waals surface area contributed by atoms with Crippen LogP contribution in [0.2, 0.25) is 0 Å². The van der Waals surface area contributed by atoms with Crippen molar-refractivity contribution in [1.29, 1.82) is 0 Å². The van der Waals surface area contributed by atoms with Crippen molar-refractivity contribution in [3.8, 4) is 11.5 Å². The number of methoxy groups -OCH3 is 3. The highest BCUT2D eigenvalue weighted by Gasteiger charge is 2.08. The third kappa shape index (κ3) is 7.58. The van der Waals surface area contributed by atoms with Crippen LogP contribution in [0.25, 0.3) is 6.08 Å². The number of esters is 1. The van der Waals surface area contributed by atoms with Gasteiger partial charge in [-0.05, 0) is 48.4 Å². The minimum atomic E-state index is -0.251. The molecule has 0 atom stereocenters. The van der Waals surface area contributed by atoms with E-state index in [2.05, 4.69) is 11.0 Å². The molecule has 0 aliphatic rings. The molecule has 156 valence electrons. The second-order valence-corrected chi connectivity index (χ2v) is 6.56. The van der Waals surface area contributed by atoms with Crippen molar-refractivity contribution >= 4 is 12.0 Å². The number of nitrogens with zero attached hydrogens (tertiary/aromatic N) is 1. The van der Waals surface area contributed by atoms with E-state index in [-0.39, 0.29) is 11.8 Å². The third-order valence-corrected chi connectivity index (χ3v) is 4.48. The summed E-state index contributed by atoms with van der Waals surface area (Å²) in [6, 6.07) is 12.2. The molecule has 0 amide bonds. The van der Waals surface area contributed by atoms with E-state index < -0.39 is 0 Å². The van der Waals surface area contributed by atoms with Gasteiger partial charge in [-0.2, -0.15) is 0 Å². The van der Waals surface area contributed by atoms with Crippen molar-refractivity contribution in [3.05, 3.63) is 65.5 Å². The van der Waals surface area contributed by atoms with E-state index in [0.717, 1.165) is 17.7 Å². The number of hydrogen-bond acceptors (Lipinski definition) is 5. The first-order valence-electron chi connectivity index (χ1n) is 9.48. The average molecular weight is 401 g/mol. The highest BCUT2D eigenvalue weighted by molar-refractivity contribution is 5.69. The molecule has 0 spiro atoms. The van der Waals surface area contributed by atoms with Gasteiger partial charge in [0, 0.05) is 19.5 Å². The number of hydrogen-bond donors (Lipinski definition) is 0. The SMILES string of the molecule is COC(=O)CCCN(C/C=C/c1ccc(OC)c(OC)c1)Cc1ccc(F)cc1. The summed E-state index contributed by atoms with van der Waals surface area (Å²) in [5.74, 6) is 0.897. The summed E-state index contributed by atoms with van der Waals surface area (Å²) in [5.41, 5.74) is 2.02. The van der Waals surface area contributed by atoms with Gasteiger partial charge in [0.15, 0.2) is 11.5 Å². The maximum Gasteiger partial charge on any atom is 0.305 e. The molecule has 2 rings (SSSR count). The van der Waals surface area contributed by atoms with Gasteiger partial charge in [-0.1, -0.05) is 30.4 Å². The fourth-order valence-corrected chi connectivity index (χ4v) is 2.93. The van der Waals surface area contributed by atoms with Gasteiger partial charge in [-0.25, -0.2) is 4.39 Å². The Morgan fingerprint density at radius 1 is 1.03 bits per heavy atom. The first-order chi connectivity index (χ1) is 14.0. The summed E-state index contributed by atoms with van der Waals surface area (Å²) in [7, 11) is 4.61. The lowest BCUT2D eigenvalue weighted by Gasteiger charge is -2.20. The van der Waals surface area contributed by atoms with Gasteiger partial charge < -0.3 is 14.2 Å². The van der Waals surface area contributed by atoms with Crippen LogP contribution in [0.1, 0.15) is 24.0 Å². The Hall–Kier alpha value is -2.86. The molecular weight excluding hydrogens is 373 g/mol. The standard InChI is InChI=1S/C23H28FNO4/c1-27-21-13-10-18(16-22(21)28-2)6-4-14-25(15-5-7-23(26)29-3)17-19-8-11-20(24)12-9-19/h4,6,8-13,16H,5,7,14-15,17H2,1-3H3/b6-4+. The van der Waals surface area contributed by atoms with Gasteiger partial charge in [0.25, 0.3) is 0 Å². The molecule has 0 fully saturated rings. The molecule has 2 aromatic rings. The van der Waals surface area contributed by atoms with Crippen LogP contribution in [-0.2, 0) is 16.1 Å². The number of carbonyl (C=O) groups is 1. The lowest BCUT2D eigenvalue weighted by Crippen LogP contribution is -2.25. The number of rotatable bonds is 11. The van der Waals surface area contributed by atoms with E-state index in [4.69, 9.17) is 14.2 Å². The predicted molar refractivity (Wildman–Crippen MR) is 112 cm³/mol. The molecule has 0 saturated carbocycles. The minimum Gasteiger partial charge on any atom is -0.493 e. The van der Waals surface area contributed by atoms with Crippen molar-refractivity contribution in [2.75, 3.05) is 34.4 Å². The maximum atomic E-state index is 13.2. The zero-order valence-electron chi connectivity index (χ0n) is 17.2.